The Balaban J connectivity index is 1.88. The molecule has 0 spiro atoms. The van der Waals surface area contributed by atoms with E-state index in [-0.39, 0.29) is 5.56 Å². The number of benzene rings is 2. The highest BCUT2D eigenvalue weighted by molar-refractivity contribution is 7.84. The zero-order valence-corrected chi connectivity index (χ0v) is 27.3. The van der Waals surface area contributed by atoms with E-state index in [4.69, 9.17) is 0 Å². The Kier molecular flexibility index (Phi) is 8.94. The minimum Gasteiger partial charge on any atom is -0.376 e. The molecule has 0 amide bonds. The SMILES string of the molecule is CC(C)(C)[S@](=O)N[C@@H](c1cc2cccc(-c3cc([C@@](C)(O)C(F)(F)F)ccn3)c2s1)c1ccccc1C#C[Si](C)(C)C. The van der Waals surface area contributed by atoms with Gasteiger partial charge in [-0.2, -0.15) is 13.2 Å². The summed E-state index contributed by atoms with van der Waals surface area (Å²) in [5.41, 5.74) is 2.84. The average Bonchev–Trinajstić information content (AvgIpc) is 3.33. The minimum absolute atomic E-state index is 0.288. The number of aliphatic hydroxyl groups is 1. The Morgan fingerprint density at radius 3 is 2.33 bits per heavy atom. The summed E-state index contributed by atoms with van der Waals surface area (Å²) in [5, 5.41) is 11.2. The molecular weight excluding hydrogens is 594 g/mol. The third-order valence-electron chi connectivity index (χ3n) is 6.62. The van der Waals surface area contributed by atoms with E-state index in [1.165, 1.54) is 29.7 Å². The number of hydrogen-bond acceptors (Lipinski definition) is 4. The number of nitrogens with zero attached hydrogens (tertiary/aromatic N) is 1. The lowest BCUT2D eigenvalue weighted by Gasteiger charge is -2.26. The number of fused-ring (bicyclic) bond motifs is 1. The van der Waals surface area contributed by atoms with Crippen LogP contribution in [-0.2, 0) is 16.6 Å². The van der Waals surface area contributed by atoms with Crippen LogP contribution in [0.3, 0.4) is 0 Å². The van der Waals surface area contributed by atoms with Crippen molar-refractivity contribution in [1.82, 2.24) is 9.71 Å². The molecule has 4 rings (SSSR count). The number of alkyl halides is 3. The quantitative estimate of drug-likeness (QED) is 0.168. The maximum atomic E-state index is 13.6. The molecule has 2 aromatic heterocycles. The van der Waals surface area contributed by atoms with Crippen molar-refractivity contribution in [3.05, 3.63) is 88.4 Å². The van der Waals surface area contributed by atoms with E-state index in [9.17, 15) is 22.5 Å². The second kappa shape index (κ2) is 11.7. The van der Waals surface area contributed by atoms with Gasteiger partial charge < -0.3 is 5.11 Å². The number of hydrogen-bond donors (Lipinski definition) is 2. The van der Waals surface area contributed by atoms with E-state index in [1.54, 1.807) is 6.07 Å². The molecule has 2 N–H and O–H groups in total. The van der Waals surface area contributed by atoms with Crippen molar-refractivity contribution in [2.24, 2.45) is 0 Å². The summed E-state index contributed by atoms with van der Waals surface area (Å²) in [4.78, 5) is 5.24. The molecule has 42 heavy (non-hydrogen) atoms. The standard InChI is InChI=1S/C32H35F3N2O2S2Si/c1-30(2,3)41(39)37-28(24-13-9-8-11-21(24)16-18-42(5,6)7)27-19-22-12-10-14-25(29(22)40-27)26-20-23(15-17-36-26)31(4,38)32(33,34)35/h8-15,17,19-20,28,37-38H,1-7H3/t28-,31-,41+/m1/s1. The fourth-order valence-corrected chi connectivity index (χ4v) is 6.81. The van der Waals surface area contributed by atoms with E-state index < -0.39 is 41.6 Å². The molecule has 4 nitrogen and oxygen atoms in total. The van der Waals surface area contributed by atoms with Gasteiger partial charge in [-0.05, 0) is 68.5 Å². The predicted molar refractivity (Wildman–Crippen MR) is 170 cm³/mol. The van der Waals surface area contributed by atoms with Crippen LogP contribution in [0.4, 0.5) is 13.2 Å². The topological polar surface area (TPSA) is 62.2 Å². The predicted octanol–water partition coefficient (Wildman–Crippen LogP) is 8.10. The smallest absolute Gasteiger partial charge is 0.376 e. The fraction of sp³-hybridized carbons (Fsp3) is 0.344. The van der Waals surface area contributed by atoms with Crippen LogP contribution in [0.15, 0.2) is 66.9 Å². The molecule has 0 aliphatic carbocycles. The van der Waals surface area contributed by atoms with Gasteiger partial charge in [0.05, 0.1) is 27.5 Å². The first-order valence-corrected chi connectivity index (χ1v) is 18.9. The third-order valence-corrected chi connectivity index (χ3v) is 10.3. The molecule has 0 aliphatic heterocycles. The molecule has 0 saturated carbocycles. The highest BCUT2D eigenvalue weighted by Gasteiger charge is 2.51. The molecule has 3 atom stereocenters. The van der Waals surface area contributed by atoms with Crippen LogP contribution in [0.1, 0.15) is 55.3 Å². The molecule has 0 radical (unpaired) electrons. The molecule has 0 aliphatic rings. The van der Waals surface area contributed by atoms with Crippen LogP contribution in [0.25, 0.3) is 21.3 Å². The maximum Gasteiger partial charge on any atom is 0.421 e. The van der Waals surface area contributed by atoms with Crippen LogP contribution >= 0.6 is 11.3 Å². The maximum absolute atomic E-state index is 13.6. The molecule has 222 valence electrons. The van der Waals surface area contributed by atoms with Crippen molar-refractivity contribution in [2.45, 2.75) is 69.9 Å². The average molecular weight is 629 g/mol. The first-order valence-electron chi connectivity index (χ1n) is 13.5. The molecule has 0 saturated heterocycles. The second-order valence-corrected chi connectivity index (χ2v) is 20.2. The number of halogens is 3. The number of rotatable bonds is 6. The number of thiophene rings is 1. The van der Waals surface area contributed by atoms with Crippen LogP contribution in [-0.4, -0.2) is 33.3 Å². The summed E-state index contributed by atoms with van der Waals surface area (Å²) in [6.07, 6.45) is -3.57. The minimum atomic E-state index is -4.85. The van der Waals surface area contributed by atoms with Crippen LogP contribution < -0.4 is 4.72 Å². The van der Waals surface area contributed by atoms with Crippen molar-refractivity contribution in [2.75, 3.05) is 0 Å². The van der Waals surface area contributed by atoms with E-state index >= 15 is 0 Å². The number of aromatic nitrogens is 1. The van der Waals surface area contributed by atoms with Crippen molar-refractivity contribution in [1.29, 1.82) is 0 Å². The lowest BCUT2D eigenvalue weighted by atomic mass is 9.94. The lowest BCUT2D eigenvalue weighted by Crippen LogP contribution is -2.39. The van der Waals surface area contributed by atoms with Gasteiger partial charge in [-0.1, -0.05) is 62.0 Å². The molecule has 2 aromatic carbocycles. The Hall–Kier alpha value is -2.81. The molecule has 0 fully saturated rings. The summed E-state index contributed by atoms with van der Waals surface area (Å²) >= 11 is 1.46. The summed E-state index contributed by atoms with van der Waals surface area (Å²) < 4.78 is 57.8. The summed E-state index contributed by atoms with van der Waals surface area (Å²) in [6.45, 7) is 13.0. The summed E-state index contributed by atoms with van der Waals surface area (Å²) in [6, 6.07) is 17.4. The Bertz CT molecular complexity index is 1690. The highest BCUT2D eigenvalue weighted by atomic mass is 32.2. The molecule has 2 heterocycles. The van der Waals surface area contributed by atoms with Gasteiger partial charge in [-0.3, -0.25) is 4.98 Å². The van der Waals surface area contributed by atoms with Gasteiger partial charge in [0.25, 0.3) is 0 Å². The van der Waals surface area contributed by atoms with E-state index in [2.05, 4.69) is 40.8 Å². The monoisotopic (exact) mass is 628 g/mol. The third kappa shape index (κ3) is 7.04. The fourth-order valence-electron chi connectivity index (χ4n) is 4.15. The van der Waals surface area contributed by atoms with Gasteiger partial charge in [0.1, 0.15) is 8.07 Å². The first-order chi connectivity index (χ1) is 19.4. The normalized spacial score (nSPS) is 15.5. The Morgan fingerprint density at radius 1 is 1.00 bits per heavy atom. The van der Waals surface area contributed by atoms with Gasteiger partial charge in [-0.15, -0.1) is 16.9 Å². The van der Waals surface area contributed by atoms with Gasteiger partial charge in [0.15, 0.2) is 5.60 Å². The van der Waals surface area contributed by atoms with E-state index in [0.717, 1.165) is 33.0 Å². The summed E-state index contributed by atoms with van der Waals surface area (Å²) in [5.74, 6) is 3.37. The van der Waals surface area contributed by atoms with E-state index in [0.29, 0.717) is 11.3 Å². The zero-order chi connectivity index (χ0) is 31.1. The van der Waals surface area contributed by atoms with Crippen molar-refractivity contribution in [3.8, 4) is 22.7 Å². The number of pyridine rings is 1. The molecular formula is C32H35F3N2O2S2Si. The Labute approximate surface area is 253 Å². The molecule has 10 heteroatoms. The largest absolute Gasteiger partial charge is 0.421 e. The first kappa shape index (κ1) is 32.1. The van der Waals surface area contributed by atoms with Crippen molar-refractivity contribution < 1.29 is 22.5 Å². The van der Waals surface area contributed by atoms with Gasteiger partial charge >= 0.3 is 6.18 Å². The molecule has 0 bridgehead atoms. The van der Waals surface area contributed by atoms with Gasteiger partial charge in [0.2, 0.25) is 0 Å². The highest BCUT2D eigenvalue weighted by Crippen LogP contribution is 2.42. The molecule has 4 aromatic rings. The second-order valence-electron chi connectivity index (χ2n) is 12.4. The van der Waals surface area contributed by atoms with Crippen LogP contribution in [0.2, 0.25) is 19.6 Å². The number of nitrogens with one attached hydrogen (secondary N) is 1. The van der Waals surface area contributed by atoms with Crippen molar-refractivity contribution >= 4 is 40.5 Å². The lowest BCUT2D eigenvalue weighted by molar-refractivity contribution is -0.258. The summed E-state index contributed by atoms with van der Waals surface area (Å²) in [7, 11) is -3.09. The van der Waals surface area contributed by atoms with Gasteiger partial charge in [0, 0.05) is 26.9 Å². The molecule has 0 unspecified atom stereocenters. The van der Waals surface area contributed by atoms with E-state index in [1.807, 2.05) is 63.2 Å². The van der Waals surface area contributed by atoms with Crippen molar-refractivity contribution in [3.63, 3.8) is 0 Å². The zero-order valence-electron chi connectivity index (χ0n) is 24.7. The van der Waals surface area contributed by atoms with Gasteiger partial charge in [-0.25, -0.2) is 8.93 Å². The Morgan fingerprint density at radius 2 is 1.69 bits per heavy atom. The van der Waals surface area contributed by atoms with Crippen LogP contribution in [0.5, 0.6) is 0 Å². The van der Waals surface area contributed by atoms with Crippen LogP contribution in [0, 0.1) is 11.5 Å².